The molecule has 1 aromatic carbocycles. The maximum absolute atomic E-state index is 11.7. The molecule has 0 aliphatic rings. The SMILES string of the molecule is Cc1cc(C)c(CC(=O)OCC(Cl)(Cl)Cl)c(C)c1. The zero-order valence-corrected chi connectivity index (χ0v) is 12.8. The lowest BCUT2D eigenvalue weighted by molar-refractivity contribution is -0.142. The van der Waals surface area contributed by atoms with Gasteiger partial charge in [-0.1, -0.05) is 52.5 Å². The minimum atomic E-state index is -1.56. The van der Waals surface area contributed by atoms with Gasteiger partial charge in [0.25, 0.3) is 0 Å². The highest BCUT2D eigenvalue weighted by Gasteiger charge is 2.22. The smallest absolute Gasteiger partial charge is 0.310 e. The third-order valence-electron chi connectivity index (χ3n) is 2.56. The molecule has 1 rings (SSSR count). The molecule has 18 heavy (non-hydrogen) atoms. The molecular formula is C13H15Cl3O2. The summed E-state index contributed by atoms with van der Waals surface area (Å²) in [5.41, 5.74) is 4.27. The second-order valence-corrected chi connectivity index (χ2v) is 6.85. The van der Waals surface area contributed by atoms with Crippen molar-refractivity contribution in [1.82, 2.24) is 0 Å². The second kappa shape index (κ2) is 6.14. The fourth-order valence-corrected chi connectivity index (χ4v) is 2.01. The van der Waals surface area contributed by atoms with Crippen LogP contribution < -0.4 is 0 Å². The maximum Gasteiger partial charge on any atom is 0.310 e. The third-order valence-corrected chi connectivity index (χ3v) is 2.89. The van der Waals surface area contributed by atoms with E-state index in [1.165, 1.54) is 5.56 Å². The number of ether oxygens (including phenoxy) is 1. The molecule has 0 saturated heterocycles. The molecular weight excluding hydrogens is 295 g/mol. The van der Waals surface area contributed by atoms with Crippen LogP contribution in [0, 0.1) is 20.8 Å². The van der Waals surface area contributed by atoms with E-state index in [-0.39, 0.29) is 13.0 Å². The summed E-state index contributed by atoms with van der Waals surface area (Å²) in [7, 11) is 0. The summed E-state index contributed by atoms with van der Waals surface area (Å²) >= 11 is 16.6. The van der Waals surface area contributed by atoms with E-state index in [9.17, 15) is 4.79 Å². The van der Waals surface area contributed by atoms with Crippen LogP contribution in [0.3, 0.4) is 0 Å². The first-order chi connectivity index (χ1) is 8.19. The van der Waals surface area contributed by atoms with Gasteiger partial charge in [0.2, 0.25) is 3.79 Å². The van der Waals surface area contributed by atoms with Gasteiger partial charge in [-0.3, -0.25) is 4.79 Å². The lowest BCUT2D eigenvalue weighted by Gasteiger charge is -2.13. The first-order valence-electron chi connectivity index (χ1n) is 5.48. The average Bonchev–Trinajstić information content (AvgIpc) is 2.19. The third kappa shape index (κ3) is 5.05. The Labute approximate surface area is 122 Å². The zero-order chi connectivity index (χ0) is 13.9. The Morgan fingerprint density at radius 1 is 1.17 bits per heavy atom. The molecule has 0 heterocycles. The molecule has 0 unspecified atom stereocenters. The number of rotatable bonds is 3. The number of hydrogen-bond acceptors (Lipinski definition) is 2. The predicted octanol–water partition coefficient (Wildman–Crippen LogP) is 4.07. The highest BCUT2D eigenvalue weighted by molar-refractivity contribution is 6.67. The van der Waals surface area contributed by atoms with E-state index in [2.05, 4.69) is 0 Å². The van der Waals surface area contributed by atoms with Gasteiger partial charge in [0.05, 0.1) is 6.42 Å². The van der Waals surface area contributed by atoms with Crippen LogP contribution in [0.5, 0.6) is 0 Å². The van der Waals surface area contributed by atoms with Crippen molar-refractivity contribution in [3.05, 3.63) is 34.4 Å². The van der Waals surface area contributed by atoms with E-state index < -0.39 is 9.76 Å². The van der Waals surface area contributed by atoms with E-state index in [0.717, 1.165) is 16.7 Å². The van der Waals surface area contributed by atoms with Crippen LogP contribution in [-0.4, -0.2) is 16.4 Å². The van der Waals surface area contributed by atoms with Crippen LogP contribution in [0.15, 0.2) is 12.1 Å². The Hall–Kier alpha value is -0.440. The monoisotopic (exact) mass is 308 g/mol. The number of benzene rings is 1. The van der Waals surface area contributed by atoms with Gasteiger partial charge in [-0.2, -0.15) is 0 Å². The largest absolute Gasteiger partial charge is 0.461 e. The lowest BCUT2D eigenvalue weighted by Crippen LogP contribution is -2.19. The van der Waals surface area contributed by atoms with E-state index in [4.69, 9.17) is 39.5 Å². The molecule has 0 amide bonds. The highest BCUT2D eigenvalue weighted by atomic mass is 35.6. The zero-order valence-electron chi connectivity index (χ0n) is 10.5. The molecule has 1 aromatic rings. The Morgan fingerprint density at radius 2 is 1.67 bits per heavy atom. The molecule has 0 aliphatic carbocycles. The lowest BCUT2D eigenvalue weighted by atomic mass is 9.97. The molecule has 0 fully saturated rings. The molecule has 0 atom stereocenters. The van der Waals surface area contributed by atoms with Crippen molar-refractivity contribution in [3.8, 4) is 0 Å². The Kier molecular flexibility index (Phi) is 5.32. The predicted molar refractivity (Wildman–Crippen MR) is 75.6 cm³/mol. The number of hydrogen-bond donors (Lipinski definition) is 0. The average molecular weight is 310 g/mol. The number of halogens is 3. The number of esters is 1. The molecule has 0 bridgehead atoms. The fourth-order valence-electron chi connectivity index (χ4n) is 1.85. The van der Waals surface area contributed by atoms with Crippen molar-refractivity contribution in [2.75, 3.05) is 6.61 Å². The summed E-state index contributed by atoms with van der Waals surface area (Å²) in [6.07, 6.45) is 0.193. The van der Waals surface area contributed by atoms with Gasteiger partial charge >= 0.3 is 5.97 Å². The van der Waals surface area contributed by atoms with Gasteiger partial charge in [0, 0.05) is 0 Å². The molecule has 5 heteroatoms. The molecule has 100 valence electrons. The van der Waals surface area contributed by atoms with E-state index in [0.29, 0.717) is 0 Å². The van der Waals surface area contributed by atoms with E-state index in [1.807, 2.05) is 32.9 Å². The summed E-state index contributed by atoms with van der Waals surface area (Å²) in [5.74, 6) is -0.392. The van der Waals surface area contributed by atoms with Crippen LogP contribution >= 0.6 is 34.8 Å². The van der Waals surface area contributed by atoms with Crippen molar-refractivity contribution in [1.29, 1.82) is 0 Å². The first kappa shape index (κ1) is 15.6. The summed E-state index contributed by atoms with van der Waals surface area (Å²) in [5, 5.41) is 0. The van der Waals surface area contributed by atoms with Crippen LogP contribution in [0.2, 0.25) is 0 Å². The normalized spacial score (nSPS) is 11.4. The van der Waals surface area contributed by atoms with Gasteiger partial charge < -0.3 is 4.74 Å². The van der Waals surface area contributed by atoms with Gasteiger partial charge in [-0.15, -0.1) is 0 Å². The van der Waals surface area contributed by atoms with Gasteiger partial charge in [0.15, 0.2) is 0 Å². The summed E-state index contributed by atoms with van der Waals surface area (Å²) < 4.78 is 3.35. The fraction of sp³-hybridized carbons (Fsp3) is 0.462. The van der Waals surface area contributed by atoms with Crippen LogP contribution in [0.1, 0.15) is 22.3 Å². The number of alkyl halides is 3. The number of carbonyl (C=O) groups excluding carboxylic acids is 1. The first-order valence-corrected chi connectivity index (χ1v) is 6.61. The van der Waals surface area contributed by atoms with Crippen molar-refractivity contribution < 1.29 is 9.53 Å². The van der Waals surface area contributed by atoms with Crippen molar-refractivity contribution in [2.24, 2.45) is 0 Å². The van der Waals surface area contributed by atoms with Crippen molar-refractivity contribution in [3.63, 3.8) is 0 Å². The summed E-state index contributed by atoms with van der Waals surface area (Å²) in [6.45, 7) is 5.72. The van der Waals surface area contributed by atoms with Gasteiger partial charge in [0.1, 0.15) is 6.61 Å². The molecule has 0 aliphatic heterocycles. The second-order valence-electron chi connectivity index (χ2n) is 4.33. The molecule has 0 saturated carbocycles. The van der Waals surface area contributed by atoms with Crippen molar-refractivity contribution in [2.45, 2.75) is 31.0 Å². The molecule has 2 nitrogen and oxygen atoms in total. The standard InChI is InChI=1S/C13H15Cl3O2/c1-8-4-9(2)11(10(3)5-8)6-12(17)18-7-13(14,15)16/h4-5H,6-7H2,1-3H3. The van der Waals surface area contributed by atoms with Gasteiger partial charge in [-0.05, 0) is 37.5 Å². The Bertz CT molecular complexity index is 427. The van der Waals surface area contributed by atoms with E-state index >= 15 is 0 Å². The van der Waals surface area contributed by atoms with Crippen LogP contribution in [0.4, 0.5) is 0 Å². The number of aryl methyl sites for hydroxylation is 3. The summed E-state index contributed by atoms with van der Waals surface area (Å²) in [6, 6.07) is 4.06. The number of carbonyl (C=O) groups is 1. The molecule has 0 spiro atoms. The summed E-state index contributed by atoms with van der Waals surface area (Å²) in [4.78, 5) is 11.7. The highest BCUT2D eigenvalue weighted by Crippen LogP contribution is 2.26. The molecule has 0 aromatic heterocycles. The molecule has 0 radical (unpaired) electrons. The van der Waals surface area contributed by atoms with Crippen LogP contribution in [0.25, 0.3) is 0 Å². The quantitative estimate of drug-likeness (QED) is 0.621. The molecule has 0 N–H and O–H groups in total. The minimum Gasteiger partial charge on any atom is -0.461 e. The topological polar surface area (TPSA) is 26.3 Å². The van der Waals surface area contributed by atoms with Crippen molar-refractivity contribution >= 4 is 40.8 Å². The van der Waals surface area contributed by atoms with Crippen LogP contribution in [-0.2, 0) is 16.0 Å². The Balaban J connectivity index is 2.71. The maximum atomic E-state index is 11.7. The van der Waals surface area contributed by atoms with Gasteiger partial charge in [-0.25, -0.2) is 0 Å². The minimum absolute atomic E-state index is 0.193. The van der Waals surface area contributed by atoms with E-state index in [1.54, 1.807) is 0 Å². The Morgan fingerprint density at radius 3 is 2.11 bits per heavy atom.